The summed E-state index contributed by atoms with van der Waals surface area (Å²) in [6, 6.07) is 6.15. The third-order valence-electron chi connectivity index (χ3n) is 2.66. The first-order chi connectivity index (χ1) is 8.88. The van der Waals surface area contributed by atoms with E-state index in [1.54, 1.807) is 36.7 Å². The molecule has 0 aliphatic carbocycles. The molecule has 2 N–H and O–H groups in total. The molecular weight excluding hydrogens is 285 g/mol. The molecule has 0 aliphatic heterocycles. The summed E-state index contributed by atoms with van der Waals surface area (Å²) in [5, 5.41) is 5.29. The molecule has 2 aromatic rings. The predicted molar refractivity (Wildman–Crippen MR) is 77.2 cm³/mol. The predicted octanol–water partition coefficient (Wildman–Crippen LogP) is 2.87. The van der Waals surface area contributed by atoms with Gasteiger partial charge in [0, 0.05) is 27.8 Å². The highest BCUT2D eigenvalue weighted by Crippen LogP contribution is 2.22. The SMILES string of the molecule is Cc1cc(=O)c(C(C)N)nn1-c1cc(Cl)cc(Cl)c1. The lowest BCUT2D eigenvalue weighted by Gasteiger charge is -2.13. The normalized spacial score (nSPS) is 12.5. The highest BCUT2D eigenvalue weighted by molar-refractivity contribution is 6.34. The van der Waals surface area contributed by atoms with Crippen molar-refractivity contribution in [1.29, 1.82) is 0 Å². The zero-order valence-corrected chi connectivity index (χ0v) is 12.0. The maximum absolute atomic E-state index is 11.8. The van der Waals surface area contributed by atoms with Crippen LogP contribution in [0.4, 0.5) is 0 Å². The van der Waals surface area contributed by atoms with E-state index in [0.717, 1.165) is 0 Å². The van der Waals surface area contributed by atoms with Crippen molar-refractivity contribution in [2.24, 2.45) is 5.73 Å². The molecule has 1 aromatic carbocycles. The maximum atomic E-state index is 11.8. The van der Waals surface area contributed by atoms with Crippen LogP contribution in [0.3, 0.4) is 0 Å². The Hall–Kier alpha value is -1.36. The summed E-state index contributed by atoms with van der Waals surface area (Å²) < 4.78 is 1.61. The summed E-state index contributed by atoms with van der Waals surface area (Å²) in [6.45, 7) is 3.50. The van der Waals surface area contributed by atoms with E-state index in [1.165, 1.54) is 6.07 Å². The second-order valence-electron chi connectivity index (χ2n) is 4.36. The van der Waals surface area contributed by atoms with Gasteiger partial charge in [-0.05, 0) is 32.0 Å². The zero-order valence-electron chi connectivity index (χ0n) is 10.5. The Balaban J connectivity index is 2.68. The van der Waals surface area contributed by atoms with Crippen molar-refractivity contribution in [3.8, 4) is 5.69 Å². The topological polar surface area (TPSA) is 60.9 Å². The number of rotatable bonds is 2. The van der Waals surface area contributed by atoms with E-state index >= 15 is 0 Å². The Morgan fingerprint density at radius 1 is 1.21 bits per heavy atom. The van der Waals surface area contributed by atoms with Crippen LogP contribution in [0.25, 0.3) is 5.69 Å². The molecule has 0 spiro atoms. The third kappa shape index (κ3) is 2.97. The Morgan fingerprint density at radius 2 is 1.79 bits per heavy atom. The summed E-state index contributed by atoms with van der Waals surface area (Å²) in [5.74, 6) is 0. The molecule has 19 heavy (non-hydrogen) atoms. The van der Waals surface area contributed by atoms with Crippen molar-refractivity contribution in [2.75, 3.05) is 0 Å². The molecule has 6 heteroatoms. The minimum absolute atomic E-state index is 0.170. The van der Waals surface area contributed by atoms with Crippen LogP contribution in [0.5, 0.6) is 0 Å². The average molecular weight is 298 g/mol. The lowest BCUT2D eigenvalue weighted by atomic mass is 10.2. The first-order valence-electron chi connectivity index (χ1n) is 5.71. The van der Waals surface area contributed by atoms with Crippen LogP contribution in [0.15, 0.2) is 29.1 Å². The maximum Gasteiger partial charge on any atom is 0.205 e. The van der Waals surface area contributed by atoms with Gasteiger partial charge in [-0.2, -0.15) is 5.10 Å². The van der Waals surface area contributed by atoms with Gasteiger partial charge in [-0.25, -0.2) is 4.68 Å². The van der Waals surface area contributed by atoms with Gasteiger partial charge in [-0.1, -0.05) is 23.2 Å². The number of hydrogen-bond acceptors (Lipinski definition) is 3. The van der Waals surface area contributed by atoms with Gasteiger partial charge >= 0.3 is 0 Å². The molecule has 1 aromatic heterocycles. The number of aryl methyl sites for hydroxylation is 1. The van der Waals surface area contributed by atoms with E-state index in [0.29, 0.717) is 27.1 Å². The second kappa shape index (κ2) is 5.33. The zero-order chi connectivity index (χ0) is 14.2. The Labute approximate surface area is 120 Å². The molecule has 0 fully saturated rings. The molecule has 2 rings (SSSR count). The summed E-state index contributed by atoms with van der Waals surface area (Å²) in [7, 11) is 0. The van der Waals surface area contributed by atoms with Crippen LogP contribution in [0.1, 0.15) is 24.4 Å². The van der Waals surface area contributed by atoms with Crippen molar-refractivity contribution in [3.63, 3.8) is 0 Å². The van der Waals surface area contributed by atoms with Crippen molar-refractivity contribution in [1.82, 2.24) is 9.78 Å². The van der Waals surface area contributed by atoms with E-state index in [2.05, 4.69) is 5.10 Å². The van der Waals surface area contributed by atoms with Crippen LogP contribution >= 0.6 is 23.2 Å². The molecule has 1 heterocycles. The number of halogens is 2. The Bertz CT molecular complexity index is 660. The average Bonchev–Trinajstić information content (AvgIpc) is 2.26. The largest absolute Gasteiger partial charge is 0.323 e. The first-order valence-corrected chi connectivity index (χ1v) is 6.47. The lowest BCUT2D eigenvalue weighted by Crippen LogP contribution is -2.24. The van der Waals surface area contributed by atoms with Gasteiger partial charge < -0.3 is 5.73 Å². The fourth-order valence-corrected chi connectivity index (χ4v) is 2.31. The molecule has 100 valence electrons. The van der Waals surface area contributed by atoms with E-state index in [4.69, 9.17) is 28.9 Å². The van der Waals surface area contributed by atoms with Gasteiger partial charge in [0.25, 0.3) is 0 Å². The van der Waals surface area contributed by atoms with Crippen molar-refractivity contribution >= 4 is 23.2 Å². The highest BCUT2D eigenvalue weighted by atomic mass is 35.5. The van der Waals surface area contributed by atoms with Gasteiger partial charge in [-0.3, -0.25) is 4.79 Å². The molecule has 0 amide bonds. The third-order valence-corrected chi connectivity index (χ3v) is 3.09. The van der Waals surface area contributed by atoms with Gasteiger partial charge in [0.1, 0.15) is 5.69 Å². The van der Waals surface area contributed by atoms with E-state index < -0.39 is 6.04 Å². The van der Waals surface area contributed by atoms with Crippen LogP contribution in [0.2, 0.25) is 10.0 Å². The highest BCUT2D eigenvalue weighted by Gasteiger charge is 2.11. The summed E-state index contributed by atoms with van der Waals surface area (Å²) in [6.07, 6.45) is 0. The van der Waals surface area contributed by atoms with Gasteiger partial charge in [0.2, 0.25) is 5.43 Å². The number of benzene rings is 1. The number of aromatic nitrogens is 2. The Morgan fingerprint density at radius 3 is 2.32 bits per heavy atom. The molecule has 0 aliphatic rings. The molecule has 4 nitrogen and oxygen atoms in total. The van der Waals surface area contributed by atoms with E-state index in [-0.39, 0.29) is 5.43 Å². The monoisotopic (exact) mass is 297 g/mol. The molecule has 0 saturated heterocycles. The first kappa shape index (κ1) is 14.1. The second-order valence-corrected chi connectivity index (χ2v) is 5.24. The molecule has 0 radical (unpaired) electrons. The summed E-state index contributed by atoms with van der Waals surface area (Å²) in [5.41, 5.74) is 7.26. The Kier molecular flexibility index (Phi) is 3.94. The van der Waals surface area contributed by atoms with Crippen molar-refractivity contribution < 1.29 is 0 Å². The van der Waals surface area contributed by atoms with Crippen molar-refractivity contribution in [3.05, 3.63) is 55.9 Å². The molecule has 0 bridgehead atoms. The minimum Gasteiger partial charge on any atom is -0.323 e. The number of hydrogen-bond donors (Lipinski definition) is 1. The van der Waals surface area contributed by atoms with Gasteiger partial charge in [-0.15, -0.1) is 0 Å². The summed E-state index contributed by atoms with van der Waals surface area (Å²) in [4.78, 5) is 11.8. The van der Waals surface area contributed by atoms with Crippen LogP contribution < -0.4 is 11.2 Å². The van der Waals surface area contributed by atoms with Crippen LogP contribution in [-0.4, -0.2) is 9.78 Å². The quantitative estimate of drug-likeness (QED) is 0.927. The van der Waals surface area contributed by atoms with Crippen LogP contribution in [0, 0.1) is 6.92 Å². The van der Waals surface area contributed by atoms with Crippen molar-refractivity contribution in [2.45, 2.75) is 19.9 Å². The molecule has 0 saturated carbocycles. The minimum atomic E-state index is -0.436. The summed E-state index contributed by atoms with van der Waals surface area (Å²) >= 11 is 11.9. The number of nitrogens with two attached hydrogens (primary N) is 1. The van der Waals surface area contributed by atoms with Gasteiger partial charge in [0.05, 0.1) is 5.69 Å². The fourth-order valence-electron chi connectivity index (χ4n) is 1.80. The van der Waals surface area contributed by atoms with E-state index in [1.807, 2.05) is 0 Å². The van der Waals surface area contributed by atoms with Crippen LogP contribution in [-0.2, 0) is 0 Å². The molecular formula is C13H13Cl2N3O. The standard InChI is InChI=1S/C13H13Cl2N3O/c1-7-3-12(19)13(8(2)16)17-18(7)11-5-9(14)4-10(15)6-11/h3-6,8H,16H2,1-2H3. The lowest BCUT2D eigenvalue weighted by molar-refractivity contribution is 0.687. The molecule has 1 atom stereocenters. The molecule has 1 unspecified atom stereocenters. The number of nitrogens with zero attached hydrogens (tertiary/aromatic N) is 2. The fraction of sp³-hybridized carbons (Fsp3) is 0.231. The smallest absolute Gasteiger partial charge is 0.205 e. The van der Waals surface area contributed by atoms with E-state index in [9.17, 15) is 4.79 Å². The van der Waals surface area contributed by atoms with Gasteiger partial charge in [0.15, 0.2) is 0 Å².